The number of hydrogen-bond acceptors (Lipinski definition) is 6. The molecule has 166 valence electrons. The number of H-pyrrole nitrogens is 1. The fourth-order valence-corrected chi connectivity index (χ4v) is 4.23. The molecule has 0 radical (unpaired) electrons. The van der Waals surface area contributed by atoms with Gasteiger partial charge in [-0.2, -0.15) is 0 Å². The number of benzene rings is 2. The Morgan fingerprint density at radius 2 is 1.75 bits per heavy atom. The van der Waals surface area contributed by atoms with Crippen LogP contribution in [0.2, 0.25) is 0 Å². The summed E-state index contributed by atoms with van der Waals surface area (Å²) < 4.78 is 10.7. The largest absolute Gasteiger partial charge is 0.497 e. The lowest BCUT2D eigenvalue weighted by Crippen LogP contribution is -2.49. The highest BCUT2D eigenvalue weighted by Gasteiger charge is 2.34. The van der Waals surface area contributed by atoms with Gasteiger partial charge in [0.25, 0.3) is 5.56 Å². The Kier molecular flexibility index (Phi) is 5.20. The Balaban J connectivity index is 1.37. The van der Waals surface area contributed by atoms with E-state index in [0.29, 0.717) is 34.1 Å². The van der Waals surface area contributed by atoms with Gasteiger partial charge in [0.1, 0.15) is 22.7 Å². The van der Waals surface area contributed by atoms with Gasteiger partial charge < -0.3 is 24.3 Å². The molecule has 0 spiro atoms. The number of methoxy groups -OCH3 is 2. The monoisotopic (exact) mass is 434 g/mol. The number of ether oxygens (including phenoxy) is 2. The molecule has 1 aliphatic carbocycles. The molecule has 2 aromatic carbocycles. The Morgan fingerprint density at radius 3 is 2.38 bits per heavy atom. The van der Waals surface area contributed by atoms with Crippen LogP contribution in [0.15, 0.2) is 41.2 Å². The van der Waals surface area contributed by atoms with E-state index in [1.54, 1.807) is 19.2 Å². The number of piperazine rings is 1. The Morgan fingerprint density at radius 1 is 1.03 bits per heavy atom. The third-order valence-electron chi connectivity index (χ3n) is 6.23. The molecular formula is C24H26N4O4. The number of carbonyl (C=O) groups is 1. The van der Waals surface area contributed by atoms with Crippen molar-refractivity contribution in [1.82, 2.24) is 14.9 Å². The van der Waals surface area contributed by atoms with Crippen molar-refractivity contribution < 1.29 is 14.3 Å². The van der Waals surface area contributed by atoms with Gasteiger partial charge in [-0.05, 0) is 37.1 Å². The topological polar surface area (TPSA) is 87.8 Å². The van der Waals surface area contributed by atoms with Crippen LogP contribution in [0, 0.1) is 5.92 Å². The van der Waals surface area contributed by atoms with Gasteiger partial charge in [-0.25, -0.2) is 4.98 Å². The lowest BCUT2D eigenvalue weighted by atomic mass is 10.1. The predicted molar refractivity (Wildman–Crippen MR) is 122 cm³/mol. The third-order valence-corrected chi connectivity index (χ3v) is 6.23. The van der Waals surface area contributed by atoms with Crippen molar-refractivity contribution in [2.24, 2.45) is 5.92 Å². The Hall–Kier alpha value is -3.55. The molecule has 8 nitrogen and oxygen atoms in total. The molecule has 1 aliphatic heterocycles. The molecule has 5 rings (SSSR count). The first kappa shape index (κ1) is 20.4. The smallest absolute Gasteiger partial charge is 0.262 e. The normalized spacial score (nSPS) is 16.3. The van der Waals surface area contributed by atoms with E-state index >= 15 is 0 Å². The van der Waals surface area contributed by atoms with Crippen molar-refractivity contribution in [2.75, 3.05) is 45.3 Å². The van der Waals surface area contributed by atoms with Gasteiger partial charge in [0, 0.05) is 55.5 Å². The summed E-state index contributed by atoms with van der Waals surface area (Å²) in [6.45, 7) is 3.17. The van der Waals surface area contributed by atoms with Crippen molar-refractivity contribution >= 4 is 22.5 Å². The summed E-state index contributed by atoms with van der Waals surface area (Å²) in [6.07, 6.45) is 2.09. The van der Waals surface area contributed by atoms with Crippen LogP contribution in [0.5, 0.6) is 11.5 Å². The number of fused-ring (bicyclic) bond motifs is 1. The quantitative estimate of drug-likeness (QED) is 0.664. The van der Waals surface area contributed by atoms with Crippen LogP contribution < -0.4 is 19.9 Å². The van der Waals surface area contributed by atoms with E-state index in [1.165, 1.54) is 7.11 Å². The third kappa shape index (κ3) is 3.77. The number of carbonyl (C=O) groups excluding carboxylic acids is 1. The summed E-state index contributed by atoms with van der Waals surface area (Å²) in [7, 11) is 3.08. The highest BCUT2D eigenvalue weighted by atomic mass is 16.5. The van der Waals surface area contributed by atoms with E-state index in [4.69, 9.17) is 9.47 Å². The highest BCUT2D eigenvalue weighted by molar-refractivity contribution is 5.87. The maximum absolute atomic E-state index is 12.7. The molecule has 1 saturated carbocycles. The van der Waals surface area contributed by atoms with E-state index < -0.39 is 0 Å². The number of rotatable bonds is 5. The summed E-state index contributed by atoms with van der Waals surface area (Å²) >= 11 is 0. The van der Waals surface area contributed by atoms with E-state index in [1.807, 2.05) is 29.2 Å². The Labute approximate surface area is 185 Å². The van der Waals surface area contributed by atoms with Crippen LogP contribution >= 0.6 is 0 Å². The van der Waals surface area contributed by atoms with Gasteiger partial charge in [-0.15, -0.1) is 0 Å². The van der Waals surface area contributed by atoms with Crippen LogP contribution in [0.4, 0.5) is 5.69 Å². The van der Waals surface area contributed by atoms with Gasteiger partial charge in [0.05, 0.1) is 19.7 Å². The summed E-state index contributed by atoms with van der Waals surface area (Å²) in [5.41, 5.74) is 2.17. The van der Waals surface area contributed by atoms with Gasteiger partial charge >= 0.3 is 0 Å². The molecule has 2 fully saturated rings. The average molecular weight is 434 g/mol. The minimum atomic E-state index is -0.259. The van der Waals surface area contributed by atoms with Crippen LogP contribution in [0.3, 0.4) is 0 Å². The zero-order chi connectivity index (χ0) is 22.2. The molecule has 2 heterocycles. The zero-order valence-electron chi connectivity index (χ0n) is 18.3. The van der Waals surface area contributed by atoms with Gasteiger partial charge in [0.2, 0.25) is 5.91 Å². The van der Waals surface area contributed by atoms with E-state index in [2.05, 4.69) is 14.9 Å². The van der Waals surface area contributed by atoms with Crippen LogP contribution in [0.25, 0.3) is 22.3 Å². The first-order chi connectivity index (χ1) is 15.6. The fraction of sp³-hybridized carbons (Fsp3) is 0.375. The molecule has 2 aliphatic rings. The van der Waals surface area contributed by atoms with Crippen molar-refractivity contribution in [1.29, 1.82) is 0 Å². The SMILES string of the molecule is COc1cc(OC)c2c(=O)[nH]c(-c3ccc(N4CCN(C(=O)C5CC5)CC4)cc3)nc2c1. The van der Waals surface area contributed by atoms with Gasteiger partial charge in [-0.3, -0.25) is 9.59 Å². The molecule has 1 aromatic heterocycles. The van der Waals surface area contributed by atoms with Crippen molar-refractivity contribution in [3.63, 3.8) is 0 Å². The second-order valence-electron chi connectivity index (χ2n) is 8.27. The summed E-state index contributed by atoms with van der Waals surface area (Å²) in [5.74, 6) is 2.09. The predicted octanol–water partition coefficient (Wildman–Crippen LogP) is 2.67. The molecule has 1 N–H and O–H groups in total. The number of nitrogens with one attached hydrogen (secondary N) is 1. The lowest BCUT2D eigenvalue weighted by Gasteiger charge is -2.36. The molecule has 0 unspecified atom stereocenters. The zero-order valence-corrected chi connectivity index (χ0v) is 18.3. The number of aromatic amines is 1. The molecule has 0 bridgehead atoms. The molecule has 3 aromatic rings. The molecule has 1 amide bonds. The number of hydrogen-bond donors (Lipinski definition) is 1. The molecule has 1 saturated heterocycles. The lowest BCUT2D eigenvalue weighted by molar-refractivity contribution is -0.132. The van der Waals surface area contributed by atoms with Gasteiger partial charge in [-0.1, -0.05) is 0 Å². The van der Waals surface area contributed by atoms with Crippen LogP contribution in [-0.4, -0.2) is 61.2 Å². The van der Waals surface area contributed by atoms with Crippen molar-refractivity contribution in [3.05, 3.63) is 46.8 Å². The van der Waals surface area contributed by atoms with E-state index in [9.17, 15) is 9.59 Å². The first-order valence-corrected chi connectivity index (χ1v) is 10.9. The number of amides is 1. The highest BCUT2D eigenvalue weighted by Crippen LogP contribution is 2.32. The maximum Gasteiger partial charge on any atom is 0.262 e. The second-order valence-corrected chi connectivity index (χ2v) is 8.27. The van der Waals surface area contributed by atoms with Crippen molar-refractivity contribution in [3.8, 4) is 22.9 Å². The summed E-state index contributed by atoms with van der Waals surface area (Å²) in [5, 5.41) is 0.396. The minimum absolute atomic E-state index is 0.259. The molecular weight excluding hydrogens is 408 g/mol. The standard InChI is InChI=1S/C24H26N4O4/c1-31-18-13-19-21(20(14-18)32-2)23(29)26-22(25-19)15-5-7-17(8-6-15)27-9-11-28(12-10-27)24(30)16-3-4-16/h5-8,13-14,16H,3-4,9-12H2,1-2H3,(H,25,26,29). The summed E-state index contributed by atoms with van der Waals surface area (Å²) in [4.78, 5) is 36.8. The van der Waals surface area contributed by atoms with Crippen LogP contribution in [-0.2, 0) is 4.79 Å². The number of aromatic nitrogens is 2. The van der Waals surface area contributed by atoms with Crippen LogP contribution in [0.1, 0.15) is 12.8 Å². The van der Waals surface area contributed by atoms with Gasteiger partial charge in [0.15, 0.2) is 0 Å². The maximum atomic E-state index is 12.7. The Bertz CT molecular complexity index is 1210. The minimum Gasteiger partial charge on any atom is -0.497 e. The van der Waals surface area contributed by atoms with Crippen molar-refractivity contribution in [2.45, 2.75) is 12.8 Å². The molecule has 32 heavy (non-hydrogen) atoms. The average Bonchev–Trinajstić information content (AvgIpc) is 3.68. The van der Waals surface area contributed by atoms with E-state index in [0.717, 1.165) is 50.3 Å². The molecule has 8 heteroatoms. The summed E-state index contributed by atoms with van der Waals surface area (Å²) in [6, 6.07) is 11.4. The number of anilines is 1. The fourth-order valence-electron chi connectivity index (χ4n) is 4.23. The second kappa shape index (κ2) is 8.18. The first-order valence-electron chi connectivity index (χ1n) is 10.9. The number of nitrogens with zero attached hydrogens (tertiary/aromatic N) is 3. The molecule has 0 atom stereocenters. The van der Waals surface area contributed by atoms with E-state index in [-0.39, 0.29) is 11.5 Å².